The summed E-state index contributed by atoms with van der Waals surface area (Å²) >= 11 is 3.24. The van der Waals surface area contributed by atoms with Gasteiger partial charge >= 0.3 is 0 Å². The molecule has 3 rings (SSSR count). The van der Waals surface area contributed by atoms with Crippen molar-refractivity contribution in [3.63, 3.8) is 0 Å². The quantitative estimate of drug-likeness (QED) is 0.812. The van der Waals surface area contributed by atoms with E-state index >= 15 is 0 Å². The number of rotatable bonds is 3. The van der Waals surface area contributed by atoms with E-state index in [9.17, 15) is 9.18 Å². The molecule has 2 atom stereocenters. The van der Waals surface area contributed by atoms with E-state index in [1.165, 1.54) is 18.9 Å². The van der Waals surface area contributed by atoms with E-state index in [-0.39, 0.29) is 17.5 Å². The summed E-state index contributed by atoms with van der Waals surface area (Å²) in [6.45, 7) is 5.18. The molecule has 0 saturated carbocycles. The number of halogens is 2. The molecule has 3 nitrogen and oxygen atoms in total. The molecule has 0 radical (unpaired) electrons. The summed E-state index contributed by atoms with van der Waals surface area (Å²) in [6, 6.07) is 5.23. The SMILES string of the molecule is C[C@H]([C@@H]1CCCN1C(=O)c1ccc(Br)cc1F)N1CCCC1. The van der Waals surface area contributed by atoms with Crippen molar-refractivity contribution in [1.29, 1.82) is 0 Å². The standard InChI is InChI=1S/C17H22BrFN2O/c1-12(20-8-2-3-9-20)16-5-4-10-21(16)17(22)14-7-6-13(18)11-15(14)19/h6-7,11-12,16H,2-5,8-10H2,1H3/t12-,16+/m1/s1. The molecule has 1 aromatic rings. The van der Waals surface area contributed by atoms with Crippen molar-refractivity contribution in [2.45, 2.75) is 44.7 Å². The van der Waals surface area contributed by atoms with Crippen LogP contribution in [0.4, 0.5) is 4.39 Å². The Kier molecular flexibility index (Phi) is 4.83. The van der Waals surface area contributed by atoms with Gasteiger partial charge in [0.25, 0.3) is 5.91 Å². The van der Waals surface area contributed by atoms with E-state index in [2.05, 4.69) is 27.8 Å². The van der Waals surface area contributed by atoms with Crippen LogP contribution in [0.2, 0.25) is 0 Å². The lowest BCUT2D eigenvalue weighted by Crippen LogP contribution is -2.48. The highest BCUT2D eigenvalue weighted by Gasteiger charge is 2.36. The van der Waals surface area contributed by atoms with Gasteiger partial charge in [0.05, 0.1) is 5.56 Å². The minimum absolute atomic E-state index is 0.168. The maximum Gasteiger partial charge on any atom is 0.257 e. The first-order valence-corrected chi connectivity index (χ1v) is 8.87. The second kappa shape index (κ2) is 6.67. The number of carbonyl (C=O) groups excluding carboxylic acids is 1. The van der Waals surface area contributed by atoms with Crippen LogP contribution in [0.15, 0.2) is 22.7 Å². The molecule has 2 fully saturated rings. The Morgan fingerprint density at radius 3 is 2.68 bits per heavy atom. The van der Waals surface area contributed by atoms with Crippen LogP contribution in [-0.2, 0) is 0 Å². The smallest absolute Gasteiger partial charge is 0.257 e. The molecule has 2 aliphatic heterocycles. The van der Waals surface area contributed by atoms with Gasteiger partial charge in [0.1, 0.15) is 5.82 Å². The summed E-state index contributed by atoms with van der Waals surface area (Å²) in [5, 5.41) is 0. The second-order valence-corrected chi connectivity index (χ2v) is 7.23. The number of likely N-dealkylation sites (tertiary alicyclic amines) is 2. The zero-order valence-electron chi connectivity index (χ0n) is 12.9. The van der Waals surface area contributed by atoms with E-state index in [4.69, 9.17) is 0 Å². The van der Waals surface area contributed by atoms with Crippen LogP contribution in [-0.4, -0.2) is 47.4 Å². The van der Waals surface area contributed by atoms with Crippen LogP contribution >= 0.6 is 15.9 Å². The molecule has 0 unspecified atom stereocenters. The van der Waals surface area contributed by atoms with Gasteiger partial charge in [0.15, 0.2) is 0 Å². The van der Waals surface area contributed by atoms with Crippen molar-refractivity contribution in [1.82, 2.24) is 9.80 Å². The van der Waals surface area contributed by atoms with Crippen LogP contribution in [0.3, 0.4) is 0 Å². The molecule has 0 N–H and O–H groups in total. The summed E-state index contributed by atoms with van der Waals surface area (Å²) in [5.74, 6) is -0.614. The van der Waals surface area contributed by atoms with Crippen molar-refractivity contribution < 1.29 is 9.18 Å². The molecule has 120 valence electrons. The third kappa shape index (κ3) is 3.06. The highest BCUT2D eigenvalue weighted by molar-refractivity contribution is 9.10. The predicted molar refractivity (Wildman–Crippen MR) is 88.4 cm³/mol. The maximum absolute atomic E-state index is 14.1. The van der Waals surface area contributed by atoms with Crippen LogP contribution < -0.4 is 0 Å². The van der Waals surface area contributed by atoms with Crippen molar-refractivity contribution in [3.05, 3.63) is 34.1 Å². The molecule has 0 aliphatic carbocycles. The minimum atomic E-state index is -0.446. The van der Waals surface area contributed by atoms with Gasteiger partial charge in [-0.2, -0.15) is 0 Å². The average molecular weight is 369 g/mol. The molecule has 0 spiro atoms. The first kappa shape index (κ1) is 15.9. The van der Waals surface area contributed by atoms with E-state index in [0.717, 1.165) is 32.5 Å². The Balaban J connectivity index is 1.78. The molecular formula is C17H22BrFN2O. The fourth-order valence-corrected chi connectivity index (χ4v) is 4.09. The molecule has 0 aromatic heterocycles. The predicted octanol–water partition coefficient (Wildman–Crippen LogP) is 3.68. The molecule has 2 saturated heterocycles. The molecule has 2 heterocycles. The number of carbonyl (C=O) groups is 1. The Labute approximate surface area is 139 Å². The lowest BCUT2D eigenvalue weighted by molar-refractivity contribution is 0.0639. The van der Waals surface area contributed by atoms with Gasteiger partial charge in [-0.05, 0) is 63.9 Å². The molecular weight excluding hydrogens is 347 g/mol. The number of benzene rings is 1. The Bertz CT molecular complexity index is 560. The Hall–Kier alpha value is -0.940. The fourth-order valence-electron chi connectivity index (χ4n) is 3.76. The number of hydrogen-bond donors (Lipinski definition) is 0. The van der Waals surface area contributed by atoms with Crippen LogP contribution in [0, 0.1) is 5.82 Å². The van der Waals surface area contributed by atoms with Gasteiger partial charge in [-0.15, -0.1) is 0 Å². The van der Waals surface area contributed by atoms with Gasteiger partial charge in [-0.25, -0.2) is 4.39 Å². The minimum Gasteiger partial charge on any atom is -0.334 e. The summed E-state index contributed by atoms with van der Waals surface area (Å²) in [4.78, 5) is 17.1. The van der Waals surface area contributed by atoms with Crippen molar-refractivity contribution in [3.8, 4) is 0 Å². The van der Waals surface area contributed by atoms with Crippen molar-refractivity contribution >= 4 is 21.8 Å². The third-order valence-electron chi connectivity index (χ3n) is 5.00. The first-order chi connectivity index (χ1) is 10.6. The van der Waals surface area contributed by atoms with Crippen LogP contribution in [0.25, 0.3) is 0 Å². The molecule has 1 aromatic carbocycles. The summed E-state index contributed by atoms with van der Waals surface area (Å²) < 4.78 is 14.8. The lowest BCUT2D eigenvalue weighted by atomic mass is 10.0. The summed E-state index contributed by atoms with van der Waals surface area (Å²) in [7, 11) is 0. The maximum atomic E-state index is 14.1. The van der Waals surface area contributed by atoms with Gasteiger partial charge in [-0.1, -0.05) is 15.9 Å². The lowest BCUT2D eigenvalue weighted by Gasteiger charge is -2.35. The third-order valence-corrected chi connectivity index (χ3v) is 5.49. The molecule has 2 aliphatic rings. The largest absolute Gasteiger partial charge is 0.334 e. The highest BCUT2D eigenvalue weighted by atomic mass is 79.9. The number of amides is 1. The van der Waals surface area contributed by atoms with E-state index in [1.807, 2.05) is 4.90 Å². The average Bonchev–Trinajstić information content (AvgIpc) is 3.17. The topological polar surface area (TPSA) is 23.6 Å². The normalized spacial score (nSPS) is 24.0. The van der Waals surface area contributed by atoms with Gasteiger partial charge in [-0.3, -0.25) is 9.69 Å². The fraction of sp³-hybridized carbons (Fsp3) is 0.588. The first-order valence-electron chi connectivity index (χ1n) is 8.08. The Morgan fingerprint density at radius 1 is 1.27 bits per heavy atom. The Morgan fingerprint density at radius 2 is 2.00 bits per heavy atom. The zero-order valence-corrected chi connectivity index (χ0v) is 14.5. The zero-order chi connectivity index (χ0) is 15.7. The molecule has 5 heteroatoms. The van der Waals surface area contributed by atoms with E-state index in [1.54, 1.807) is 12.1 Å². The van der Waals surface area contributed by atoms with E-state index in [0.29, 0.717) is 10.5 Å². The van der Waals surface area contributed by atoms with Crippen molar-refractivity contribution in [2.24, 2.45) is 0 Å². The monoisotopic (exact) mass is 368 g/mol. The van der Waals surface area contributed by atoms with Crippen LogP contribution in [0.1, 0.15) is 43.0 Å². The molecule has 1 amide bonds. The number of nitrogens with zero attached hydrogens (tertiary/aromatic N) is 2. The summed E-state index contributed by atoms with van der Waals surface area (Å²) in [6.07, 6.45) is 4.51. The van der Waals surface area contributed by atoms with Gasteiger partial charge < -0.3 is 4.90 Å². The van der Waals surface area contributed by atoms with Gasteiger partial charge in [0.2, 0.25) is 0 Å². The van der Waals surface area contributed by atoms with Crippen LogP contribution in [0.5, 0.6) is 0 Å². The summed E-state index contributed by atoms with van der Waals surface area (Å²) in [5.41, 5.74) is 0.184. The molecule has 0 bridgehead atoms. The second-order valence-electron chi connectivity index (χ2n) is 6.32. The molecule has 22 heavy (non-hydrogen) atoms. The highest BCUT2D eigenvalue weighted by Crippen LogP contribution is 2.28. The van der Waals surface area contributed by atoms with Crippen molar-refractivity contribution in [2.75, 3.05) is 19.6 Å². The number of hydrogen-bond acceptors (Lipinski definition) is 2. The van der Waals surface area contributed by atoms with Gasteiger partial charge in [0, 0.05) is 23.1 Å². The van der Waals surface area contributed by atoms with E-state index < -0.39 is 5.82 Å².